The van der Waals surface area contributed by atoms with Crippen LogP contribution < -0.4 is 5.32 Å². The molecule has 2 fully saturated rings. The fourth-order valence-electron chi connectivity index (χ4n) is 5.42. The number of benzene rings is 1. The molecule has 35 heavy (non-hydrogen) atoms. The number of aryl methyl sites for hydroxylation is 2. The summed E-state index contributed by atoms with van der Waals surface area (Å²) in [6.45, 7) is 12.0. The van der Waals surface area contributed by atoms with Crippen LogP contribution in [0.2, 0.25) is 0 Å². The van der Waals surface area contributed by atoms with Gasteiger partial charge in [0.25, 0.3) is 0 Å². The van der Waals surface area contributed by atoms with Crippen LogP contribution in [0.4, 0.5) is 0 Å². The predicted molar refractivity (Wildman–Crippen MR) is 144 cm³/mol. The average molecular weight is 490 g/mol. The summed E-state index contributed by atoms with van der Waals surface area (Å²) in [5.74, 6) is 0. The van der Waals surface area contributed by atoms with E-state index in [-0.39, 0.29) is 12.1 Å². The van der Waals surface area contributed by atoms with E-state index in [1.54, 1.807) is 0 Å². The molecule has 0 unspecified atom stereocenters. The fourth-order valence-corrected chi connectivity index (χ4v) is 5.76. The molecule has 184 valence electrons. The number of nitrogens with zero attached hydrogens (tertiary/aromatic N) is 4. The Morgan fingerprint density at radius 1 is 1.06 bits per heavy atom. The second kappa shape index (κ2) is 10.5. The van der Waals surface area contributed by atoms with Crippen LogP contribution in [0.3, 0.4) is 0 Å². The molecule has 4 heterocycles. The summed E-state index contributed by atoms with van der Waals surface area (Å²) in [6.07, 6.45) is 2.91. The van der Waals surface area contributed by atoms with Gasteiger partial charge in [-0.25, -0.2) is 0 Å². The number of rotatable bonds is 7. The average Bonchev–Trinajstić information content (AvgIpc) is 3.38. The number of nitrogens with one attached hydrogen (secondary N) is 1. The highest BCUT2D eigenvalue weighted by molar-refractivity contribution is 7.80. The summed E-state index contributed by atoms with van der Waals surface area (Å²) in [7, 11) is 0. The first-order chi connectivity index (χ1) is 17.1. The summed E-state index contributed by atoms with van der Waals surface area (Å²) in [4.78, 5) is 9.55. The summed E-state index contributed by atoms with van der Waals surface area (Å²) in [5, 5.41) is 4.41. The Kier molecular flexibility index (Phi) is 7.18. The molecule has 1 aromatic carbocycles. The van der Waals surface area contributed by atoms with Gasteiger partial charge in [0.05, 0.1) is 31.0 Å². The van der Waals surface area contributed by atoms with Gasteiger partial charge in [-0.2, -0.15) is 0 Å². The van der Waals surface area contributed by atoms with Gasteiger partial charge in [0, 0.05) is 49.5 Å². The van der Waals surface area contributed by atoms with Crippen molar-refractivity contribution < 1.29 is 4.74 Å². The summed E-state index contributed by atoms with van der Waals surface area (Å²) in [6, 6.07) is 17.4. The number of hydrogen-bond acceptors (Lipinski definition) is 4. The van der Waals surface area contributed by atoms with Crippen molar-refractivity contribution in [3.05, 3.63) is 82.9 Å². The predicted octanol–water partition coefficient (Wildman–Crippen LogP) is 4.36. The van der Waals surface area contributed by atoms with E-state index in [4.69, 9.17) is 21.9 Å². The lowest BCUT2D eigenvalue weighted by Crippen LogP contribution is -2.42. The lowest BCUT2D eigenvalue weighted by Gasteiger charge is -2.32. The molecule has 7 heteroatoms. The number of thiocarbonyl (C=S) groups is 1. The van der Waals surface area contributed by atoms with Crippen LogP contribution in [-0.4, -0.2) is 63.9 Å². The van der Waals surface area contributed by atoms with E-state index in [1.807, 2.05) is 12.3 Å². The van der Waals surface area contributed by atoms with Crippen molar-refractivity contribution in [2.45, 2.75) is 39.3 Å². The van der Waals surface area contributed by atoms with Crippen molar-refractivity contribution in [2.75, 3.05) is 39.4 Å². The highest BCUT2D eigenvalue weighted by Gasteiger charge is 2.41. The molecule has 0 bridgehead atoms. The Labute approximate surface area is 213 Å². The summed E-state index contributed by atoms with van der Waals surface area (Å²) in [5.41, 5.74) is 7.35. The molecule has 2 atom stereocenters. The Hall–Kier alpha value is -2.74. The molecule has 1 N–H and O–H groups in total. The van der Waals surface area contributed by atoms with Gasteiger partial charge >= 0.3 is 0 Å². The van der Waals surface area contributed by atoms with E-state index in [2.05, 4.69) is 82.9 Å². The minimum absolute atomic E-state index is 0.00445. The zero-order valence-corrected chi connectivity index (χ0v) is 21.7. The van der Waals surface area contributed by atoms with Crippen LogP contribution in [0.25, 0.3) is 5.69 Å². The van der Waals surface area contributed by atoms with E-state index in [9.17, 15) is 0 Å². The molecule has 5 rings (SSSR count). The smallest absolute Gasteiger partial charge is 0.170 e. The zero-order valence-electron chi connectivity index (χ0n) is 20.9. The lowest BCUT2D eigenvalue weighted by atomic mass is 9.96. The molecule has 0 amide bonds. The van der Waals surface area contributed by atoms with Crippen molar-refractivity contribution in [3.63, 3.8) is 0 Å². The molecule has 0 saturated carbocycles. The lowest BCUT2D eigenvalue weighted by molar-refractivity contribution is 0.0350. The molecule has 3 aromatic rings. The molecular weight excluding hydrogens is 454 g/mol. The second-order valence-corrected chi connectivity index (χ2v) is 9.84. The SMILES string of the molecule is CCc1ccc(-n2c(C)cc([C@@H]3[C@@H](c4ccccn4)NC(=S)N3CCN3CCOCC3)c2C)cc1. The monoisotopic (exact) mass is 489 g/mol. The van der Waals surface area contributed by atoms with Crippen LogP contribution in [0.1, 0.15) is 47.2 Å². The van der Waals surface area contributed by atoms with Gasteiger partial charge in [0.15, 0.2) is 5.11 Å². The highest BCUT2D eigenvalue weighted by atomic mass is 32.1. The quantitative estimate of drug-likeness (QED) is 0.498. The van der Waals surface area contributed by atoms with Crippen molar-refractivity contribution in [2.24, 2.45) is 0 Å². The third-order valence-corrected chi connectivity index (χ3v) is 7.70. The topological polar surface area (TPSA) is 45.6 Å². The second-order valence-electron chi connectivity index (χ2n) is 9.46. The number of hydrogen-bond donors (Lipinski definition) is 1. The van der Waals surface area contributed by atoms with Crippen LogP contribution in [0.15, 0.2) is 54.7 Å². The number of ether oxygens (including phenoxy) is 1. The zero-order chi connectivity index (χ0) is 24.4. The van der Waals surface area contributed by atoms with Crippen molar-refractivity contribution >= 4 is 17.3 Å². The Balaban J connectivity index is 1.51. The first kappa shape index (κ1) is 24.0. The first-order valence-corrected chi connectivity index (χ1v) is 13.0. The normalized spacial score (nSPS) is 20.9. The molecule has 0 radical (unpaired) electrons. The van der Waals surface area contributed by atoms with Gasteiger partial charge in [-0.05, 0) is 73.9 Å². The molecule has 2 aromatic heterocycles. The number of pyridine rings is 1. The minimum atomic E-state index is 0.00445. The van der Waals surface area contributed by atoms with Crippen molar-refractivity contribution in [3.8, 4) is 5.69 Å². The van der Waals surface area contributed by atoms with Gasteiger partial charge in [-0.1, -0.05) is 25.1 Å². The van der Waals surface area contributed by atoms with E-state index in [0.717, 1.165) is 56.6 Å². The van der Waals surface area contributed by atoms with E-state index in [0.29, 0.717) is 0 Å². The minimum Gasteiger partial charge on any atom is -0.379 e. The number of aromatic nitrogens is 2. The molecule has 0 spiro atoms. The highest BCUT2D eigenvalue weighted by Crippen LogP contribution is 2.41. The summed E-state index contributed by atoms with van der Waals surface area (Å²) < 4.78 is 7.91. The maximum atomic E-state index is 5.90. The van der Waals surface area contributed by atoms with Crippen LogP contribution in [-0.2, 0) is 11.2 Å². The van der Waals surface area contributed by atoms with Crippen LogP contribution >= 0.6 is 12.2 Å². The van der Waals surface area contributed by atoms with Crippen molar-refractivity contribution in [1.82, 2.24) is 24.7 Å². The van der Waals surface area contributed by atoms with Crippen LogP contribution in [0.5, 0.6) is 0 Å². The molecular formula is C28H35N5OS. The van der Waals surface area contributed by atoms with Gasteiger partial charge in [0.2, 0.25) is 0 Å². The van der Waals surface area contributed by atoms with Gasteiger partial charge in [-0.15, -0.1) is 0 Å². The number of morpholine rings is 1. The third kappa shape index (κ3) is 4.85. The Morgan fingerprint density at radius 3 is 2.51 bits per heavy atom. The Bertz CT molecular complexity index is 1150. The molecule has 2 saturated heterocycles. The Morgan fingerprint density at radius 2 is 1.83 bits per heavy atom. The first-order valence-electron chi connectivity index (χ1n) is 12.6. The summed E-state index contributed by atoms with van der Waals surface area (Å²) >= 11 is 5.90. The van der Waals surface area contributed by atoms with E-state index >= 15 is 0 Å². The fraction of sp³-hybridized carbons (Fsp3) is 0.429. The molecule has 6 nitrogen and oxygen atoms in total. The molecule has 2 aliphatic rings. The van der Waals surface area contributed by atoms with E-state index in [1.165, 1.54) is 28.2 Å². The third-order valence-electron chi connectivity index (χ3n) is 7.35. The van der Waals surface area contributed by atoms with Crippen molar-refractivity contribution in [1.29, 1.82) is 0 Å². The van der Waals surface area contributed by atoms with Gasteiger partial charge in [0.1, 0.15) is 0 Å². The largest absolute Gasteiger partial charge is 0.379 e. The van der Waals surface area contributed by atoms with Gasteiger partial charge in [-0.3, -0.25) is 9.88 Å². The maximum Gasteiger partial charge on any atom is 0.170 e. The standard InChI is InChI=1S/C28H35N5OS/c1-4-22-8-10-23(11-9-22)33-20(2)19-24(21(33)3)27-26(25-7-5-6-12-29-25)30-28(35)32(27)14-13-31-15-17-34-18-16-31/h5-12,19,26-27H,4,13-18H2,1-3H3,(H,30,35)/t26-,27-/m1/s1. The van der Waals surface area contributed by atoms with Gasteiger partial charge < -0.3 is 19.5 Å². The maximum absolute atomic E-state index is 5.90. The van der Waals surface area contributed by atoms with E-state index < -0.39 is 0 Å². The molecule has 0 aliphatic carbocycles. The molecule has 2 aliphatic heterocycles. The van der Waals surface area contributed by atoms with Crippen LogP contribution in [0, 0.1) is 13.8 Å².